The number of pyridine rings is 1. The molecule has 2 aromatic heterocycles. The highest BCUT2D eigenvalue weighted by Crippen LogP contribution is 2.24. The second kappa shape index (κ2) is 7.67. The van der Waals surface area contributed by atoms with Gasteiger partial charge < -0.3 is 14.5 Å². The number of fused-ring (bicyclic) bond motifs is 1. The fraction of sp³-hybridized carbons (Fsp3) is 0.278. The van der Waals surface area contributed by atoms with Gasteiger partial charge in [-0.25, -0.2) is 17.8 Å². The summed E-state index contributed by atoms with van der Waals surface area (Å²) in [4.78, 5) is 4.11. The average Bonchev–Trinajstić information content (AvgIpc) is 3.10. The van der Waals surface area contributed by atoms with Crippen LogP contribution in [0.15, 0.2) is 47.6 Å². The normalized spacial score (nSPS) is 15.8. The average molecular weight is 425 g/mol. The summed E-state index contributed by atoms with van der Waals surface area (Å²) in [5, 5.41) is 3.69. The summed E-state index contributed by atoms with van der Waals surface area (Å²) in [5.74, 6) is -0.778. The standard InChI is InChI=1S/C18H18ClFN4O3S/c19-13-1-4-18-22-15(12-23(18)11-13)10-21-14-2-3-16(20)17(9-14)28(25,26)24-5-7-27-8-6-24/h1-4,9,11-12,21H,5-8,10H2. The quantitative estimate of drug-likeness (QED) is 0.681. The molecular weight excluding hydrogens is 407 g/mol. The topological polar surface area (TPSA) is 75.9 Å². The minimum absolute atomic E-state index is 0.212. The van der Waals surface area contributed by atoms with Gasteiger partial charge in [-0.3, -0.25) is 0 Å². The highest BCUT2D eigenvalue weighted by Gasteiger charge is 2.29. The molecule has 0 bridgehead atoms. The zero-order valence-corrected chi connectivity index (χ0v) is 16.4. The summed E-state index contributed by atoms with van der Waals surface area (Å²) < 4.78 is 48.0. The van der Waals surface area contributed by atoms with Gasteiger partial charge in [0.15, 0.2) is 0 Å². The third-order valence-corrected chi connectivity index (χ3v) is 6.59. The number of benzene rings is 1. The Morgan fingerprint density at radius 1 is 1.18 bits per heavy atom. The van der Waals surface area contributed by atoms with Crippen LogP contribution < -0.4 is 5.32 Å². The molecule has 7 nitrogen and oxygen atoms in total. The van der Waals surface area contributed by atoms with Crippen LogP contribution in [-0.4, -0.2) is 48.4 Å². The van der Waals surface area contributed by atoms with Crippen LogP contribution in [-0.2, 0) is 21.3 Å². The molecule has 0 amide bonds. The number of halogens is 2. The highest BCUT2D eigenvalue weighted by molar-refractivity contribution is 7.89. The summed E-state index contributed by atoms with van der Waals surface area (Å²) in [6.07, 6.45) is 3.57. The Labute approximate surface area is 166 Å². The fourth-order valence-electron chi connectivity index (χ4n) is 3.03. The van der Waals surface area contributed by atoms with Gasteiger partial charge in [-0.1, -0.05) is 11.6 Å². The van der Waals surface area contributed by atoms with E-state index in [1.54, 1.807) is 22.7 Å². The minimum atomic E-state index is -3.92. The van der Waals surface area contributed by atoms with Crippen molar-refractivity contribution in [1.82, 2.24) is 13.7 Å². The second-order valence-corrected chi connectivity index (χ2v) is 8.70. The van der Waals surface area contributed by atoms with Crippen LogP contribution in [0.3, 0.4) is 0 Å². The van der Waals surface area contributed by atoms with Crippen LogP contribution in [0.5, 0.6) is 0 Å². The number of ether oxygens (including phenoxy) is 1. The molecule has 0 saturated carbocycles. The molecule has 0 unspecified atom stereocenters. The van der Waals surface area contributed by atoms with E-state index in [2.05, 4.69) is 10.3 Å². The van der Waals surface area contributed by atoms with Gasteiger partial charge in [0.2, 0.25) is 10.0 Å². The smallest absolute Gasteiger partial charge is 0.246 e. The van der Waals surface area contributed by atoms with E-state index < -0.39 is 15.8 Å². The lowest BCUT2D eigenvalue weighted by atomic mass is 10.3. The van der Waals surface area contributed by atoms with Crippen molar-refractivity contribution in [3.8, 4) is 0 Å². The first-order valence-corrected chi connectivity index (χ1v) is 10.5. The first-order valence-electron chi connectivity index (χ1n) is 8.68. The molecule has 148 valence electrons. The van der Waals surface area contributed by atoms with Crippen molar-refractivity contribution in [1.29, 1.82) is 0 Å². The molecule has 1 aromatic carbocycles. The first kappa shape index (κ1) is 19.1. The largest absolute Gasteiger partial charge is 0.379 e. The predicted molar refractivity (Wildman–Crippen MR) is 104 cm³/mol. The Morgan fingerprint density at radius 2 is 1.96 bits per heavy atom. The van der Waals surface area contributed by atoms with Gasteiger partial charge >= 0.3 is 0 Å². The van der Waals surface area contributed by atoms with Crippen molar-refractivity contribution >= 4 is 33.0 Å². The predicted octanol–water partition coefficient (Wildman–Crippen LogP) is 2.76. The minimum Gasteiger partial charge on any atom is -0.379 e. The highest BCUT2D eigenvalue weighted by atomic mass is 35.5. The number of nitrogens with zero attached hydrogens (tertiary/aromatic N) is 3. The lowest BCUT2D eigenvalue weighted by molar-refractivity contribution is 0.0729. The van der Waals surface area contributed by atoms with Crippen molar-refractivity contribution in [3.63, 3.8) is 0 Å². The number of hydrogen-bond donors (Lipinski definition) is 1. The van der Waals surface area contributed by atoms with E-state index in [0.717, 1.165) is 17.4 Å². The molecule has 0 atom stereocenters. The molecule has 0 radical (unpaired) electrons. The van der Waals surface area contributed by atoms with E-state index in [1.165, 1.54) is 16.4 Å². The Kier molecular flexibility index (Phi) is 5.24. The van der Waals surface area contributed by atoms with Crippen LogP contribution in [0.25, 0.3) is 5.65 Å². The summed E-state index contributed by atoms with van der Waals surface area (Å²) in [7, 11) is -3.92. The molecule has 1 N–H and O–H groups in total. The molecular formula is C18H18ClFN4O3S. The maximum Gasteiger partial charge on any atom is 0.246 e. The summed E-state index contributed by atoms with van der Waals surface area (Å²) in [6.45, 7) is 1.38. The van der Waals surface area contributed by atoms with Crippen LogP contribution in [0.1, 0.15) is 5.69 Å². The molecule has 0 aliphatic carbocycles. The van der Waals surface area contributed by atoms with E-state index in [-0.39, 0.29) is 18.0 Å². The Hall–Kier alpha value is -2.20. The van der Waals surface area contributed by atoms with E-state index in [0.29, 0.717) is 30.5 Å². The van der Waals surface area contributed by atoms with Crippen molar-refractivity contribution in [2.75, 3.05) is 31.6 Å². The molecule has 1 aliphatic rings. The lowest BCUT2D eigenvalue weighted by Gasteiger charge is -2.26. The van der Waals surface area contributed by atoms with E-state index in [1.807, 2.05) is 6.20 Å². The number of rotatable bonds is 5. The number of aromatic nitrogens is 2. The van der Waals surface area contributed by atoms with Gasteiger partial charge in [-0.2, -0.15) is 4.31 Å². The summed E-state index contributed by atoms with van der Waals surface area (Å²) >= 11 is 5.97. The Balaban J connectivity index is 1.54. The Bertz CT molecular complexity index is 1110. The van der Waals surface area contributed by atoms with Crippen LogP contribution >= 0.6 is 11.6 Å². The molecule has 1 fully saturated rings. The van der Waals surface area contributed by atoms with Gasteiger partial charge in [0, 0.05) is 31.2 Å². The molecule has 3 heterocycles. The van der Waals surface area contributed by atoms with E-state index in [4.69, 9.17) is 16.3 Å². The maximum atomic E-state index is 14.3. The lowest BCUT2D eigenvalue weighted by Crippen LogP contribution is -2.40. The summed E-state index contributed by atoms with van der Waals surface area (Å²) in [6, 6.07) is 7.52. The third kappa shape index (κ3) is 3.83. The molecule has 10 heteroatoms. The van der Waals surface area contributed by atoms with Crippen molar-refractivity contribution in [2.45, 2.75) is 11.4 Å². The van der Waals surface area contributed by atoms with Gasteiger partial charge in [0.05, 0.1) is 30.5 Å². The molecule has 1 aliphatic heterocycles. The van der Waals surface area contributed by atoms with Gasteiger partial charge in [0.1, 0.15) is 16.4 Å². The zero-order chi connectivity index (χ0) is 19.7. The number of sulfonamides is 1. The number of imidazole rings is 1. The van der Waals surface area contributed by atoms with Crippen molar-refractivity contribution in [2.24, 2.45) is 0 Å². The summed E-state index contributed by atoms with van der Waals surface area (Å²) in [5.41, 5.74) is 1.98. The second-order valence-electron chi connectivity index (χ2n) is 6.36. The maximum absolute atomic E-state index is 14.3. The molecule has 28 heavy (non-hydrogen) atoms. The number of hydrogen-bond acceptors (Lipinski definition) is 5. The van der Waals surface area contributed by atoms with Crippen LogP contribution in [0, 0.1) is 5.82 Å². The van der Waals surface area contributed by atoms with E-state index in [9.17, 15) is 12.8 Å². The molecule has 4 rings (SSSR count). The van der Waals surface area contributed by atoms with Crippen molar-refractivity contribution in [3.05, 3.63) is 59.3 Å². The van der Waals surface area contributed by atoms with Gasteiger partial charge in [0.25, 0.3) is 0 Å². The van der Waals surface area contributed by atoms with Crippen molar-refractivity contribution < 1.29 is 17.5 Å². The molecule has 3 aromatic rings. The Morgan fingerprint density at radius 3 is 2.75 bits per heavy atom. The SMILES string of the molecule is O=S(=O)(c1cc(NCc2cn3cc(Cl)ccc3n2)ccc1F)N1CCOCC1. The van der Waals surface area contributed by atoms with Crippen LogP contribution in [0.2, 0.25) is 5.02 Å². The zero-order valence-electron chi connectivity index (χ0n) is 14.8. The van der Waals surface area contributed by atoms with Crippen LogP contribution in [0.4, 0.5) is 10.1 Å². The van der Waals surface area contributed by atoms with Gasteiger partial charge in [-0.05, 0) is 30.3 Å². The molecule has 1 saturated heterocycles. The molecule has 0 spiro atoms. The fourth-order valence-corrected chi connectivity index (χ4v) is 4.70. The number of anilines is 1. The number of morpholine rings is 1. The first-order chi connectivity index (χ1) is 13.4. The monoisotopic (exact) mass is 424 g/mol. The van der Waals surface area contributed by atoms with E-state index >= 15 is 0 Å². The van der Waals surface area contributed by atoms with Gasteiger partial charge in [-0.15, -0.1) is 0 Å². The number of nitrogens with one attached hydrogen (secondary N) is 1. The third-order valence-electron chi connectivity index (χ3n) is 4.46.